The SMILES string of the molecule is CCC1(CC)NC(=O)C(C)N(c2ccc(C)c(F)c2)C1=O. The highest BCUT2D eigenvalue weighted by atomic mass is 19.1. The van der Waals surface area contributed by atoms with Crippen molar-refractivity contribution in [3.05, 3.63) is 29.6 Å². The highest BCUT2D eigenvalue weighted by Crippen LogP contribution is 2.30. The molecule has 2 rings (SSSR count). The van der Waals surface area contributed by atoms with Crippen LogP contribution in [-0.2, 0) is 9.59 Å². The summed E-state index contributed by atoms with van der Waals surface area (Å²) in [6.07, 6.45) is 1.01. The van der Waals surface area contributed by atoms with Crippen molar-refractivity contribution in [3.63, 3.8) is 0 Å². The molecule has 1 unspecified atom stereocenters. The highest BCUT2D eigenvalue weighted by Gasteiger charge is 2.47. The largest absolute Gasteiger partial charge is 0.340 e. The Morgan fingerprint density at radius 1 is 1.29 bits per heavy atom. The first-order valence-corrected chi connectivity index (χ1v) is 7.28. The fraction of sp³-hybridized carbons (Fsp3) is 0.500. The van der Waals surface area contributed by atoms with Gasteiger partial charge in [-0.25, -0.2) is 4.39 Å². The second kappa shape index (κ2) is 5.47. The van der Waals surface area contributed by atoms with Crippen LogP contribution in [-0.4, -0.2) is 23.4 Å². The lowest BCUT2D eigenvalue weighted by atomic mass is 9.87. The molecule has 21 heavy (non-hydrogen) atoms. The first-order chi connectivity index (χ1) is 9.86. The Kier molecular flexibility index (Phi) is 4.03. The summed E-state index contributed by atoms with van der Waals surface area (Å²) in [5.74, 6) is -0.765. The van der Waals surface area contributed by atoms with Crippen LogP contribution >= 0.6 is 0 Å². The maximum Gasteiger partial charge on any atom is 0.253 e. The summed E-state index contributed by atoms with van der Waals surface area (Å²) < 4.78 is 13.8. The molecule has 2 amide bonds. The number of aryl methyl sites for hydroxylation is 1. The van der Waals surface area contributed by atoms with Gasteiger partial charge in [0.25, 0.3) is 5.91 Å². The van der Waals surface area contributed by atoms with Gasteiger partial charge >= 0.3 is 0 Å². The molecule has 0 spiro atoms. The molecule has 5 heteroatoms. The Bertz CT molecular complexity index is 582. The molecule has 1 aliphatic heterocycles. The van der Waals surface area contributed by atoms with E-state index < -0.39 is 11.6 Å². The fourth-order valence-electron chi connectivity index (χ4n) is 2.72. The van der Waals surface area contributed by atoms with E-state index in [0.717, 1.165) is 0 Å². The molecule has 114 valence electrons. The highest BCUT2D eigenvalue weighted by molar-refractivity contribution is 6.10. The molecule has 1 aromatic carbocycles. The van der Waals surface area contributed by atoms with E-state index in [1.165, 1.54) is 11.0 Å². The Labute approximate surface area is 124 Å². The zero-order chi connectivity index (χ0) is 15.8. The van der Waals surface area contributed by atoms with Gasteiger partial charge < -0.3 is 5.32 Å². The zero-order valence-corrected chi connectivity index (χ0v) is 12.9. The smallest absolute Gasteiger partial charge is 0.253 e. The van der Waals surface area contributed by atoms with Crippen LogP contribution in [0.5, 0.6) is 0 Å². The molecule has 4 nitrogen and oxygen atoms in total. The third kappa shape index (κ3) is 2.41. The van der Waals surface area contributed by atoms with Crippen LogP contribution in [0.4, 0.5) is 10.1 Å². The van der Waals surface area contributed by atoms with E-state index in [4.69, 9.17) is 0 Å². The van der Waals surface area contributed by atoms with Crippen molar-refractivity contribution in [2.75, 3.05) is 4.90 Å². The second-order valence-corrected chi connectivity index (χ2v) is 5.56. The molecule has 0 aromatic heterocycles. The number of rotatable bonds is 3. The normalized spacial score (nSPS) is 21.4. The van der Waals surface area contributed by atoms with Crippen molar-refractivity contribution >= 4 is 17.5 Å². The molecule has 1 N–H and O–H groups in total. The lowest BCUT2D eigenvalue weighted by Gasteiger charge is -2.44. The molecule has 1 heterocycles. The number of hydrogen-bond donors (Lipinski definition) is 1. The number of nitrogens with zero attached hydrogens (tertiary/aromatic N) is 1. The molecule has 0 radical (unpaired) electrons. The topological polar surface area (TPSA) is 49.4 Å². The summed E-state index contributed by atoms with van der Waals surface area (Å²) in [6, 6.07) is 3.97. The lowest BCUT2D eigenvalue weighted by Crippen LogP contribution is -2.69. The van der Waals surface area contributed by atoms with E-state index in [1.54, 1.807) is 26.0 Å². The Morgan fingerprint density at radius 3 is 2.43 bits per heavy atom. The number of carbonyl (C=O) groups excluding carboxylic acids is 2. The van der Waals surface area contributed by atoms with Crippen molar-refractivity contribution in [1.29, 1.82) is 0 Å². The van der Waals surface area contributed by atoms with Gasteiger partial charge in [0, 0.05) is 5.69 Å². The van der Waals surface area contributed by atoms with Gasteiger partial charge in [-0.05, 0) is 44.4 Å². The molecule has 1 saturated heterocycles. The van der Waals surface area contributed by atoms with E-state index in [2.05, 4.69) is 5.32 Å². The standard InChI is InChI=1S/C16H21FN2O2/c1-5-16(6-2)15(21)19(11(4)14(20)18-16)12-8-7-10(3)13(17)9-12/h7-9,11H,5-6H2,1-4H3,(H,18,20). The maximum atomic E-state index is 13.8. The predicted octanol–water partition coefficient (Wildman–Crippen LogP) is 2.54. The number of halogens is 1. The summed E-state index contributed by atoms with van der Waals surface area (Å²) in [5, 5.41) is 2.83. The van der Waals surface area contributed by atoms with Crippen molar-refractivity contribution in [1.82, 2.24) is 5.32 Å². The van der Waals surface area contributed by atoms with Gasteiger partial charge in [-0.1, -0.05) is 19.9 Å². The summed E-state index contributed by atoms with van der Waals surface area (Å²) >= 11 is 0. The maximum absolute atomic E-state index is 13.8. The molecule has 1 aromatic rings. The molecule has 0 saturated carbocycles. The first kappa shape index (κ1) is 15.5. The minimum absolute atomic E-state index is 0.178. The summed E-state index contributed by atoms with van der Waals surface area (Å²) in [4.78, 5) is 26.5. The van der Waals surface area contributed by atoms with Gasteiger partial charge in [0.05, 0.1) is 0 Å². The van der Waals surface area contributed by atoms with Gasteiger partial charge in [0.2, 0.25) is 5.91 Å². The van der Waals surface area contributed by atoms with Gasteiger partial charge in [-0.3, -0.25) is 14.5 Å². The van der Waals surface area contributed by atoms with E-state index >= 15 is 0 Å². The number of hydrogen-bond acceptors (Lipinski definition) is 2. The second-order valence-electron chi connectivity index (χ2n) is 5.56. The number of piperazine rings is 1. The molecular weight excluding hydrogens is 271 g/mol. The third-order valence-electron chi connectivity index (χ3n) is 4.40. The number of anilines is 1. The fourth-order valence-corrected chi connectivity index (χ4v) is 2.72. The Morgan fingerprint density at radius 2 is 1.90 bits per heavy atom. The molecule has 1 aliphatic rings. The van der Waals surface area contributed by atoms with Crippen molar-refractivity contribution < 1.29 is 14.0 Å². The Hall–Kier alpha value is -1.91. The lowest BCUT2D eigenvalue weighted by molar-refractivity contribution is -0.138. The number of benzene rings is 1. The van der Waals surface area contributed by atoms with E-state index in [0.29, 0.717) is 24.1 Å². The Balaban J connectivity index is 2.50. The first-order valence-electron chi connectivity index (χ1n) is 7.28. The average Bonchev–Trinajstić information content (AvgIpc) is 2.47. The van der Waals surface area contributed by atoms with Crippen LogP contribution in [0.3, 0.4) is 0 Å². The molecule has 1 atom stereocenters. The molecule has 0 bridgehead atoms. The van der Waals surface area contributed by atoms with Crippen molar-refractivity contribution in [3.8, 4) is 0 Å². The number of carbonyl (C=O) groups is 2. The van der Waals surface area contributed by atoms with Crippen LogP contribution in [0.1, 0.15) is 39.2 Å². The minimum atomic E-state index is -0.898. The average molecular weight is 292 g/mol. The molecule has 1 fully saturated rings. The monoisotopic (exact) mass is 292 g/mol. The van der Waals surface area contributed by atoms with Crippen LogP contribution < -0.4 is 10.2 Å². The van der Waals surface area contributed by atoms with Crippen LogP contribution in [0.25, 0.3) is 0 Å². The van der Waals surface area contributed by atoms with Crippen LogP contribution in [0, 0.1) is 12.7 Å². The third-order valence-corrected chi connectivity index (χ3v) is 4.40. The zero-order valence-electron chi connectivity index (χ0n) is 12.9. The van der Waals surface area contributed by atoms with E-state index in [9.17, 15) is 14.0 Å². The van der Waals surface area contributed by atoms with E-state index in [1.807, 2.05) is 13.8 Å². The van der Waals surface area contributed by atoms with E-state index in [-0.39, 0.29) is 17.6 Å². The van der Waals surface area contributed by atoms with Crippen molar-refractivity contribution in [2.45, 2.75) is 52.1 Å². The number of amides is 2. The number of nitrogens with one attached hydrogen (secondary N) is 1. The molecule has 0 aliphatic carbocycles. The summed E-state index contributed by atoms with van der Waals surface area (Å²) in [6.45, 7) is 7.05. The van der Waals surface area contributed by atoms with Gasteiger partial charge in [0.1, 0.15) is 17.4 Å². The van der Waals surface area contributed by atoms with Crippen molar-refractivity contribution in [2.24, 2.45) is 0 Å². The van der Waals surface area contributed by atoms with Gasteiger partial charge in [0.15, 0.2) is 0 Å². The molecular formula is C16H21FN2O2. The van der Waals surface area contributed by atoms with Gasteiger partial charge in [-0.2, -0.15) is 0 Å². The minimum Gasteiger partial charge on any atom is -0.340 e. The van der Waals surface area contributed by atoms with Crippen LogP contribution in [0.2, 0.25) is 0 Å². The quantitative estimate of drug-likeness (QED) is 0.930. The summed E-state index contributed by atoms with van der Waals surface area (Å²) in [5.41, 5.74) is 0.0413. The predicted molar refractivity (Wildman–Crippen MR) is 79.5 cm³/mol. The van der Waals surface area contributed by atoms with Gasteiger partial charge in [-0.15, -0.1) is 0 Å². The summed E-state index contributed by atoms with van der Waals surface area (Å²) in [7, 11) is 0. The van der Waals surface area contributed by atoms with Crippen LogP contribution in [0.15, 0.2) is 18.2 Å².